The molecule has 0 spiro atoms. The molecule has 2 aromatic rings. The molecule has 0 unspecified atom stereocenters. The summed E-state index contributed by atoms with van der Waals surface area (Å²) in [6.07, 6.45) is 1.03. The minimum Gasteiger partial charge on any atom is -0.497 e. The largest absolute Gasteiger partial charge is 0.497 e. The van der Waals surface area contributed by atoms with Crippen LogP contribution in [0.1, 0.15) is 23.1 Å². The third kappa shape index (κ3) is 7.36. The Morgan fingerprint density at radius 1 is 1.09 bits per heavy atom. The minimum atomic E-state index is 0.677. The van der Waals surface area contributed by atoms with Crippen molar-refractivity contribution in [1.82, 2.24) is 15.1 Å². The van der Waals surface area contributed by atoms with Crippen LogP contribution in [0.25, 0.3) is 0 Å². The lowest BCUT2D eigenvalue weighted by Crippen LogP contribution is -2.42. The van der Waals surface area contributed by atoms with E-state index in [1.54, 1.807) is 14.2 Å². The van der Waals surface area contributed by atoms with Crippen LogP contribution in [0.4, 0.5) is 0 Å². The summed E-state index contributed by atoms with van der Waals surface area (Å²) in [7, 11) is 3.35. The van der Waals surface area contributed by atoms with E-state index < -0.39 is 0 Å². The molecule has 0 bridgehead atoms. The Morgan fingerprint density at radius 3 is 2.53 bits per heavy atom. The molecule has 0 aliphatic carbocycles. The molecule has 1 heterocycles. The first kappa shape index (κ1) is 24.3. The second-order valence-corrected chi connectivity index (χ2v) is 8.44. The van der Waals surface area contributed by atoms with Crippen molar-refractivity contribution in [1.29, 1.82) is 0 Å². The standard InChI is InChI=1S/C25H35N3O3S/c1-20-5-7-21(8-6-20)18-26-25(32)28(12-4-11-27-13-15-31-16-14-27)19-22-9-10-23(29-2)17-24(22)30-3/h5-10,17H,4,11-16,18-19H2,1-3H3,(H,26,32). The smallest absolute Gasteiger partial charge is 0.169 e. The van der Waals surface area contributed by atoms with E-state index in [-0.39, 0.29) is 0 Å². The molecule has 174 valence electrons. The maximum Gasteiger partial charge on any atom is 0.169 e. The molecule has 1 N–H and O–H groups in total. The Balaban J connectivity index is 1.65. The zero-order valence-electron chi connectivity index (χ0n) is 19.4. The van der Waals surface area contributed by atoms with Crippen molar-refractivity contribution >= 4 is 17.3 Å². The van der Waals surface area contributed by atoms with E-state index >= 15 is 0 Å². The van der Waals surface area contributed by atoms with Gasteiger partial charge in [0.1, 0.15) is 11.5 Å². The van der Waals surface area contributed by atoms with Gasteiger partial charge in [0.25, 0.3) is 0 Å². The summed E-state index contributed by atoms with van der Waals surface area (Å²) in [6, 6.07) is 14.5. The highest BCUT2D eigenvalue weighted by Gasteiger charge is 2.16. The molecule has 0 aromatic heterocycles. The first-order valence-corrected chi connectivity index (χ1v) is 11.6. The summed E-state index contributed by atoms with van der Waals surface area (Å²) in [4.78, 5) is 4.69. The summed E-state index contributed by atoms with van der Waals surface area (Å²) in [5.74, 6) is 1.59. The molecule has 1 saturated heterocycles. The van der Waals surface area contributed by atoms with Crippen molar-refractivity contribution in [3.63, 3.8) is 0 Å². The van der Waals surface area contributed by atoms with Gasteiger partial charge >= 0.3 is 0 Å². The van der Waals surface area contributed by atoms with Crippen molar-refractivity contribution in [3.8, 4) is 11.5 Å². The maximum absolute atomic E-state index is 5.81. The average molecular weight is 458 g/mol. The third-order valence-corrected chi connectivity index (χ3v) is 6.12. The van der Waals surface area contributed by atoms with Gasteiger partial charge in [0.15, 0.2) is 5.11 Å². The second-order valence-electron chi connectivity index (χ2n) is 8.05. The van der Waals surface area contributed by atoms with Crippen LogP contribution in [0.3, 0.4) is 0 Å². The number of aryl methyl sites for hydroxylation is 1. The van der Waals surface area contributed by atoms with Crippen LogP contribution in [0.15, 0.2) is 42.5 Å². The van der Waals surface area contributed by atoms with Crippen LogP contribution in [0.5, 0.6) is 11.5 Å². The predicted molar refractivity (Wildman–Crippen MR) is 132 cm³/mol. The van der Waals surface area contributed by atoms with Crippen molar-refractivity contribution in [3.05, 3.63) is 59.2 Å². The molecular formula is C25H35N3O3S. The number of thiocarbonyl (C=S) groups is 1. The average Bonchev–Trinajstić information content (AvgIpc) is 2.83. The first-order valence-electron chi connectivity index (χ1n) is 11.2. The van der Waals surface area contributed by atoms with E-state index in [2.05, 4.69) is 52.4 Å². The molecule has 1 fully saturated rings. The van der Waals surface area contributed by atoms with E-state index in [9.17, 15) is 0 Å². The summed E-state index contributed by atoms with van der Waals surface area (Å²) in [5, 5.41) is 4.20. The van der Waals surface area contributed by atoms with Crippen LogP contribution in [0, 0.1) is 6.92 Å². The number of hydrogen-bond acceptors (Lipinski definition) is 5. The van der Waals surface area contributed by atoms with Crippen LogP contribution in [-0.4, -0.2) is 68.5 Å². The molecule has 32 heavy (non-hydrogen) atoms. The Morgan fingerprint density at radius 2 is 1.84 bits per heavy atom. The first-order chi connectivity index (χ1) is 15.6. The Kier molecular flexibility index (Phi) is 9.59. The van der Waals surface area contributed by atoms with E-state index in [1.165, 1.54) is 11.1 Å². The molecule has 7 heteroatoms. The molecule has 6 nitrogen and oxygen atoms in total. The SMILES string of the molecule is COc1ccc(CN(CCCN2CCOCC2)C(=S)NCc2ccc(C)cc2)c(OC)c1. The molecule has 0 amide bonds. The summed E-state index contributed by atoms with van der Waals surface area (Å²) in [5.41, 5.74) is 3.56. The van der Waals surface area contributed by atoms with Gasteiger partial charge in [-0.2, -0.15) is 0 Å². The van der Waals surface area contributed by atoms with Gasteiger partial charge in [-0.25, -0.2) is 0 Å². The molecule has 0 saturated carbocycles. The highest BCUT2D eigenvalue weighted by Crippen LogP contribution is 2.26. The maximum atomic E-state index is 5.81. The molecule has 3 rings (SSSR count). The molecule has 2 aromatic carbocycles. The normalized spacial score (nSPS) is 14.1. The number of morpholine rings is 1. The highest BCUT2D eigenvalue weighted by atomic mass is 32.1. The predicted octanol–water partition coefficient (Wildman–Crippen LogP) is 3.61. The Labute approximate surface area is 197 Å². The van der Waals surface area contributed by atoms with Gasteiger partial charge in [0.05, 0.1) is 27.4 Å². The van der Waals surface area contributed by atoms with Crippen LogP contribution in [0.2, 0.25) is 0 Å². The lowest BCUT2D eigenvalue weighted by atomic mass is 10.1. The van der Waals surface area contributed by atoms with Gasteiger partial charge in [0, 0.05) is 50.9 Å². The number of rotatable bonds is 10. The second kappa shape index (κ2) is 12.6. The van der Waals surface area contributed by atoms with E-state index in [0.717, 1.165) is 68.0 Å². The number of hydrogen-bond donors (Lipinski definition) is 1. The molecule has 1 aliphatic rings. The van der Waals surface area contributed by atoms with Crippen molar-refractivity contribution in [2.24, 2.45) is 0 Å². The van der Waals surface area contributed by atoms with Gasteiger partial charge in [0.2, 0.25) is 0 Å². The number of nitrogens with zero attached hydrogens (tertiary/aromatic N) is 2. The van der Waals surface area contributed by atoms with Crippen molar-refractivity contribution in [2.75, 3.05) is 53.6 Å². The Hall–Kier alpha value is -2.35. The fourth-order valence-corrected chi connectivity index (χ4v) is 3.97. The molecule has 0 atom stereocenters. The Bertz CT molecular complexity index is 854. The van der Waals surface area contributed by atoms with E-state index in [1.807, 2.05) is 12.1 Å². The zero-order valence-corrected chi connectivity index (χ0v) is 20.2. The number of benzene rings is 2. The summed E-state index contributed by atoms with van der Waals surface area (Å²) in [6.45, 7) is 9.04. The highest BCUT2D eigenvalue weighted by molar-refractivity contribution is 7.80. The van der Waals surface area contributed by atoms with Crippen molar-refractivity contribution in [2.45, 2.75) is 26.4 Å². The third-order valence-electron chi connectivity index (χ3n) is 5.71. The van der Waals surface area contributed by atoms with Gasteiger partial charge in [-0.15, -0.1) is 0 Å². The van der Waals surface area contributed by atoms with Gasteiger partial charge in [-0.1, -0.05) is 29.8 Å². The number of nitrogens with one attached hydrogen (secondary N) is 1. The van der Waals surface area contributed by atoms with Gasteiger partial charge < -0.3 is 24.4 Å². The topological polar surface area (TPSA) is 46.2 Å². The van der Waals surface area contributed by atoms with Crippen LogP contribution >= 0.6 is 12.2 Å². The molecule has 1 aliphatic heterocycles. The van der Waals surface area contributed by atoms with Crippen LogP contribution < -0.4 is 14.8 Å². The van der Waals surface area contributed by atoms with Crippen molar-refractivity contribution < 1.29 is 14.2 Å². The fraction of sp³-hybridized carbons (Fsp3) is 0.480. The van der Waals surface area contributed by atoms with Gasteiger partial charge in [-0.05, 0) is 43.3 Å². The number of methoxy groups -OCH3 is 2. The fourth-order valence-electron chi connectivity index (χ4n) is 3.75. The van der Waals surface area contributed by atoms with Gasteiger partial charge in [-0.3, -0.25) is 4.90 Å². The molecule has 0 radical (unpaired) electrons. The van der Waals surface area contributed by atoms with Crippen LogP contribution in [-0.2, 0) is 17.8 Å². The number of ether oxygens (including phenoxy) is 3. The monoisotopic (exact) mass is 457 g/mol. The molecular weight excluding hydrogens is 422 g/mol. The minimum absolute atomic E-state index is 0.677. The zero-order chi connectivity index (χ0) is 22.8. The quantitative estimate of drug-likeness (QED) is 0.547. The lowest BCUT2D eigenvalue weighted by Gasteiger charge is -2.30. The summed E-state index contributed by atoms with van der Waals surface area (Å²) >= 11 is 5.81. The lowest BCUT2D eigenvalue weighted by molar-refractivity contribution is 0.0367. The summed E-state index contributed by atoms with van der Waals surface area (Å²) < 4.78 is 16.4. The van der Waals surface area contributed by atoms with E-state index in [0.29, 0.717) is 13.1 Å². The van der Waals surface area contributed by atoms with E-state index in [4.69, 9.17) is 26.4 Å².